The van der Waals surface area contributed by atoms with Gasteiger partial charge in [-0.05, 0) is 35.9 Å². The van der Waals surface area contributed by atoms with Gasteiger partial charge in [-0.15, -0.1) is 0 Å². The second-order valence-corrected chi connectivity index (χ2v) is 9.55. The molecule has 1 unspecified atom stereocenters. The molecule has 6 rings (SSSR count). The van der Waals surface area contributed by atoms with E-state index in [1.165, 1.54) is 12.0 Å². The number of aromatic nitrogens is 4. The molecule has 0 N–H and O–H groups in total. The van der Waals surface area contributed by atoms with Crippen molar-refractivity contribution < 1.29 is 4.74 Å². The summed E-state index contributed by atoms with van der Waals surface area (Å²) in [5.74, 6) is 1.80. The van der Waals surface area contributed by atoms with Crippen LogP contribution in [0.1, 0.15) is 23.9 Å². The van der Waals surface area contributed by atoms with Crippen molar-refractivity contribution in [2.24, 2.45) is 0 Å². The van der Waals surface area contributed by atoms with Crippen LogP contribution in [-0.2, 0) is 11.3 Å². The topological polar surface area (TPSA) is 56.1 Å². The Hall–Kier alpha value is -2.90. The lowest BCUT2D eigenvalue weighted by molar-refractivity contribution is 0.0679. The molecule has 1 fully saturated rings. The number of rotatable bonds is 4. The van der Waals surface area contributed by atoms with E-state index < -0.39 is 0 Å². The minimum atomic E-state index is 0.123. The van der Waals surface area contributed by atoms with Crippen molar-refractivity contribution in [1.29, 1.82) is 0 Å². The molecule has 2 aliphatic rings. The van der Waals surface area contributed by atoms with E-state index in [0.717, 1.165) is 47.0 Å². The van der Waals surface area contributed by atoms with Crippen molar-refractivity contribution >= 4 is 28.7 Å². The van der Waals surface area contributed by atoms with Crippen molar-refractivity contribution in [3.8, 4) is 11.1 Å². The number of ether oxygens (including phenoxy) is 1. The third-order valence-electron chi connectivity index (χ3n) is 6.50. The van der Waals surface area contributed by atoms with Crippen LogP contribution in [-0.4, -0.2) is 50.7 Å². The number of hydrogen-bond acceptors (Lipinski definition) is 6. The SMILES string of the molecule is CSC1CCN(c2ncc(-c3ccc4nc5n(c4c3)[C@@H](c3ccccc3)COC5)cn2)C1. The van der Waals surface area contributed by atoms with E-state index in [-0.39, 0.29) is 6.04 Å². The molecule has 4 aromatic rings. The molecule has 162 valence electrons. The molecular formula is C25H25N5OS. The molecular weight excluding hydrogens is 418 g/mol. The standard InChI is InChI=1S/C25H25N5OS/c1-32-20-9-10-29(14-20)25-26-12-19(13-27-25)18-7-8-21-22(11-18)30-23(15-31-16-24(30)28-21)17-5-3-2-4-6-17/h2-8,11-13,20,23H,9-10,14-16H2,1H3/t20?,23-/m1/s1. The van der Waals surface area contributed by atoms with E-state index >= 15 is 0 Å². The van der Waals surface area contributed by atoms with Gasteiger partial charge in [-0.25, -0.2) is 15.0 Å². The van der Waals surface area contributed by atoms with Gasteiger partial charge in [0.05, 0.1) is 23.7 Å². The summed E-state index contributed by atoms with van der Waals surface area (Å²) in [6, 6.07) is 17.1. The van der Waals surface area contributed by atoms with Gasteiger partial charge < -0.3 is 14.2 Å². The van der Waals surface area contributed by atoms with Crippen molar-refractivity contribution in [1.82, 2.24) is 19.5 Å². The summed E-state index contributed by atoms with van der Waals surface area (Å²) in [6.07, 6.45) is 7.27. The maximum atomic E-state index is 5.88. The average molecular weight is 444 g/mol. The molecule has 2 aromatic heterocycles. The summed E-state index contributed by atoms with van der Waals surface area (Å²) < 4.78 is 8.21. The van der Waals surface area contributed by atoms with Crippen LogP contribution in [0.25, 0.3) is 22.2 Å². The number of hydrogen-bond donors (Lipinski definition) is 0. The largest absolute Gasteiger partial charge is 0.371 e. The molecule has 1 saturated heterocycles. The zero-order valence-corrected chi connectivity index (χ0v) is 18.8. The van der Waals surface area contributed by atoms with Crippen LogP contribution in [0.4, 0.5) is 5.95 Å². The Morgan fingerprint density at radius 1 is 1.03 bits per heavy atom. The molecule has 2 aliphatic heterocycles. The summed E-state index contributed by atoms with van der Waals surface area (Å²) >= 11 is 1.93. The summed E-state index contributed by atoms with van der Waals surface area (Å²) in [5.41, 5.74) is 5.48. The highest BCUT2D eigenvalue weighted by atomic mass is 32.2. The first kappa shape index (κ1) is 19.8. The molecule has 0 aliphatic carbocycles. The highest BCUT2D eigenvalue weighted by Gasteiger charge is 2.26. The minimum Gasteiger partial charge on any atom is -0.371 e. The van der Waals surface area contributed by atoms with Crippen LogP contribution in [0.2, 0.25) is 0 Å². The van der Waals surface area contributed by atoms with Gasteiger partial charge >= 0.3 is 0 Å². The average Bonchev–Trinajstić information content (AvgIpc) is 3.49. The van der Waals surface area contributed by atoms with Gasteiger partial charge in [0.2, 0.25) is 5.95 Å². The van der Waals surface area contributed by atoms with Crippen molar-refractivity contribution in [3.63, 3.8) is 0 Å². The molecule has 0 amide bonds. The van der Waals surface area contributed by atoms with Crippen molar-refractivity contribution in [3.05, 3.63) is 72.3 Å². The number of imidazole rings is 1. The van der Waals surface area contributed by atoms with Crippen LogP contribution in [0.5, 0.6) is 0 Å². The predicted octanol–water partition coefficient (Wildman–Crippen LogP) is 4.55. The summed E-state index contributed by atoms with van der Waals surface area (Å²) in [5, 5.41) is 0.676. The van der Waals surface area contributed by atoms with E-state index in [4.69, 9.17) is 9.72 Å². The van der Waals surface area contributed by atoms with E-state index in [0.29, 0.717) is 18.5 Å². The van der Waals surface area contributed by atoms with Gasteiger partial charge in [0.15, 0.2) is 0 Å². The van der Waals surface area contributed by atoms with E-state index in [9.17, 15) is 0 Å². The Kier molecular flexibility index (Phi) is 5.08. The summed E-state index contributed by atoms with van der Waals surface area (Å²) in [4.78, 5) is 16.5. The Bertz CT molecular complexity index is 1240. The Labute approximate surface area is 191 Å². The highest BCUT2D eigenvalue weighted by Crippen LogP contribution is 2.33. The van der Waals surface area contributed by atoms with Gasteiger partial charge in [-0.3, -0.25) is 0 Å². The fourth-order valence-electron chi connectivity index (χ4n) is 4.76. The second-order valence-electron chi connectivity index (χ2n) is 8.41. The number of fused-ring (bicyclic) bond motifs is 3. The molecule has 4 heterocycles. The zero-order chi connectivity index (χ0) is 21.5. The zero-order valence-electron chi connectivity index (χ0n) is 18.0. The Morgan fingerprint density at radius 2 is 1.88 bits per heavy atom. The van der Waals surface area contributed by atoms with Crippen LogP contribution in [0, 0.1) is 0 Å². The van der Waals surface area contributed by atoms with Crippen LogP contribution < -0.4 is 4.90 Å². The van der Waals surface area contributed by atoms with Crippen LogP contribution in [0.3, 0.4) is 0 Å². The fourth-order valence-corrected chi connectivity index (χ4v) is 5.43. The number of nitrogens with zero attached hydrogens (tertiary/aromatic N) is 5. The second kappa shape index (κ2) is 8.22. The third-order valence-corrected chi connectivity index (χ3v) is 7.55. The van der Waals surface area contributed by atoms with Gasteiger partial charge in [0.1, 0.15) is 12.4 Å². The van der Waals surface area contributed by atoms with Gasteiger partial charge in [0, 0.05) is 36.3 Å². The van der Waals surface area contributed by atoms with Gasteiger partial charge in [-0.2, -0.15) is 11.8 Å². The molecule has 2 aromatic carbocycles. The first-order chi connectivity index (χ1) is 15.8. The molecule has 0 spiro atoms. The molecule has 2 atom stereocenters. The monoisotopic (exact) mass is 443 g/mol. The number of benzene rings is 2. The normalized spacial score (nSPS) is 20.6. The smallest absolute Gasteiger partial charge is 0.225 e. The Morgan fingerprint density at radius 3 is 2.66 bits per heavy atom. The van der Waals surface area contributed by atoms with E-state index in [1.54, 1.807) is 0 Å². The van der Waals surface area contributed by atoms with Crippen LogP contribution >= 0.6 is 11.8 Å². The van der Waals surface area contributed by atoms with Gasteiger partial charge in [-0.1, -0.05) is 36.4 Å². The number of anilines is 1. The molecule has 32 heavy (non-hydrogen) atoms. The quantitative estimate of drug-likeness (QED) is 0.461. The molecule has 6 nitrogen and oxygen atoms in total. The first-order valence-electron chi connectivity index (χ1n) is 11.0. The molecule has 7 heteroatoms. The van der Waals surface area contributed by atoms with Crippen LogP contribution in [0.15, 0.2) is 60.9 Å². The van der Waals surface area contributed by atoms with Crippen molar-refractivity contribution in [2.45, 2.75) is 24.3 Å². The molecule has 0 saturated carbocycles. The molecule has 0 radical (unpaired) electrons. The maximum Gasteiger partial charge on any atom is 0.225 e. The van der Waals surface area contributed by atoms with E-state index in [2.05, 4.69) is 68.2 Å². The molecule has 0 bridgehead atoms. The minimum absolute atomic E-state index is 0.123. The lowest BCUT2D eigenvalue weighted by Gasteiger charge is -2.26. The maximum absolute atomic E-state index is 5.88. The third kappa shape index (κ3) is 3.45. The fraction of sp³-hybridized carbons (Fsp3) is 0.320. The van der Waals surface area contributed by atoms with Gasteiger partial charge in [0.25, 0.3) is 0 Å². The van der Waals surface area contributed by atoms with E-state index in [1.807, 2.05) is 30.2 Å². The first-order valence-corrected chi connectivity index (χ1v) is 12.3. The Balaban J connectivity index is 1.35. The predicted molar refractivity (Wildman–Crippen MR) is 129 cm³/mol. The summed E-state index contributed by atoms with van der Waals surface area (Å²) in [6.45, 7) is 3.24. The number of thioether (sulfide) groups is 1. The summed E-state index contributed by atoms with van der Waals surface area (Å²) in [7, 11) is 0. The lowest BCUT2D eigenvalue weighted by Crippen LogP contribution is -2.24. The van der Waals surface area contributed by atoms with Crippen molar-refractivity contribution in [2.75, 3.05) is 30.9 Å². The lowest BCUT2D eigenvalue weighted by atomic mass is 10.1. The highest BCUT2D eigenvalue weighted by molar-refractivity contribution is 7.99.